The van der Waals surface area contributed by atoms with E-state index in [0.717, 1.165) is 24.2 Å². The zero-order chi connectivity index (χ0) is 23.2. The molecule has 1 fully saturated rings. The van der Waals surface area contributed by atoms with Crippen molar-refractivity contribution in [1.82, 2.24) is 0 Å². The van der Waals surface area contributed by atoms with E-state index >= 15 is 0 Å². The highest BCUT2D eigenvalue weighted by molar-refractivity contribution is 6.46. The smallest absolute Gasteiger partial charge is 0.338 e. The molecule has 168 valence electrons. The third kappa shape index (κ3) is 4.04. The molecule has 0 bridgehead atoms. The highest BCUT2D eigenvalue weighted by Gasteiger charge is 2.39. The van der Waals surface area contributed by atoms with Gasteiger partial charge in [0.25, 0.3) is 11.8 Å². The number of anilines is 1. The summed E-state index contributed by atoms with van der Waals surface area (Å²) in [5.74, 6) is -0.302. The largest absolute Gasteiger partial charge is 0.458 e. The molecule has 1 saturated carbocycles. The van der Waals surface area contributed by atoms with Gasteiger partial charge in [-0.2, -0.15) is 0 Å². The van der Waals surface area contributed by atoms with Gasteiger partial charge in [0.1, 0.15) is 6.10 Å². The van der Waals surface area contributed by atoms with Crippen molar-refractivity contribution in [2.75, 3.05) is 4.90 Å². The Morgan fingerprint density at radius 2 is 1.78 bits per heavy atom. The maximum Gasteiger partial charge on any atom is 0.338 e. The van der Waals surface area contributed by atoms with Gasteiger partial charge in [-0.25, -0.2) is 9.69 Å². The SMILES string of the molecule is CC(C)[C@H]1CC[C@@H](C)C[C@@H]1OC(=O)c1ccc2c(c1)C(=O)N(c1cccc(Cl)c1Cl)C2=O. The lowest BCUT2D eigenvalue weighted by Crippen LogP contribution is -2.35. The minimum atomic E-state index is -0.546. The van der Waals surface area contributed by atoms with Crippen molar-refractivity contribution in [2.45, 2.75) is 46.1 Å². The standard InChI is InChI=1S/C25H25Cl2NO4/c1-13(2)16-9-7-14(3)11-21(16)32-25(31)15-8-10-17-18(12-15)24(30)28(23(17)29)20-6-4-5-19(26)22(20)27/h4-6,8,10,12-14,16,21H,7,9,11H2,1-3H3/t14-,16-,21+/m1/s1. The average Bonchev–Trinajstić information content (AvgIpc) is 3.00. The van der Waals surface area contributed by atoms with E-state index in [2.05, 4.69) is 20.8 Å². The van der Waals surface area contributed by atoms with Crippen molar-refractivity contribution in [3.63, 3.8) is 0 Å². The number of ether oxygens (including phenoxy) is 1. The van der Waals surface area contributed by atoms with Gasteiger partial charge in [0.05, 0.1) is 32.4 Å². The minimum Gasteiger partial charge on any atom is -0.458 e. The molecule has 0 radical (unpaired) electrons. The number of nitrogens with zero attached hydrogens (tertiary/aromatic N) is 1. The third-order valence-corrected chi connectivity index (χ3v) is 7.32. The second-order valence-electron chi connectivity index (χ2n) is 9.05. The van der Waals surface area contributed by atoms with Crippen LogP contribution in [0.1, 0.15) is 71.1 Å². The molecule has 2 amide bonds. The molecule has 0 unspecified atom stereocenters. The van der Waals surface area contributed by atoms with Gasteiger partial charge < -0.3 is 4.74 Å². The Morgan fingerprint density at radius 3 is 2.50 bits per heavy atom. The van der Waals surface area contributed by atoms with Crippen molar-refractivity contribution in [3.8, 4) is 0 Å². The second-order valence-corrected chi connectivity index (χ2v) is 9.83. The number of carbonyl (C=O) groups excluding carboxylic acids is 3. The van der Waals surface area contributed by atoms with E-state index in [1.165, 1.54) is 18.2 Å². The summed E-state index contributed by atoms with van der Waals surface area (Å²) in [5, 5.41) is 0.362. The fourth-order valence-corrected chi connectivity index (χ4v) is 5.09. The second kappa shape index (κ2) is 8.87. The third-order valence-electron chi connectivity index (χ3n) is 6.51. The van der Waals surface area contributed by atoms with E-state index < -0.39 is 17.8 Å². The molecule has 2 aliphatic rings. The molecule has 2 aromatic carbocycles. The highest BCUT2D eigenvalue weighted by atomic mass is 35.5. The van der Waals surface area contributed by atoms with Crippen LogP contribution in [0.25, 0.3) is 0 Å². The van der Waals surface area contributed by atoms with Crippen molar-refractivity contribution in [1.29, 1.82) is 0 Å². The Labute approximate surface area is 197 Å². The van der Waals surface area contributed by atoms with Crippen LogP contribution in [-0.4, -0.2) is 23.9 Å². The van der Waals surface area contributed by atoms with E-state index in [0.29, 0.717) is 17.8 Å². The zero-order valence-corrected chi connectivity index (χ0v) is 19.7. The molecule has 3 atom stereocenters. The Hall–Kier alpha value is -2.37. The molecular formula is C25H25Cl2NO4. The number of amides is 2. The molecular weight excluding hydrogens is 449 g/mol. The maximum atomic E-state index is 13.1. The first-order valence-electron chi connectivity index (χ1n) is 10.9. The van der Waals surface area contributed by atoms with Gasteiger partial charge >= 0.3 is 5.97 Å². The lowest BCUT2D eigenvalue weighted by atomic mass is 9.75. The summed E-state index contributed by atoms with van der Waals surface area (Å²) in [6, 6.07) is 9.22. The summed E-state index contributed by atoms with van der Waals surface area (Å²) in [6.07, 6.45) is 2.84. The van der Waals surface area contributed by atoms with Gasteiger partial charge in [0, 0.05) is 0 Å². The molecule has 0 aromatic heterocycles. The van der Waals surface area contributed by atoms with Crippen molar-refractivity contribution in [2.24, 2.45) is 17.8 Å². The average molecular weight is 474 g/mol. The fourth-order valence-electron chi connectivity index (χ4n) is 4.71. The van der Waals surface area contributed by atoms with Crippen LogP contribution < -0.4 is 4.90 Å². The zero-order valence-electron chi connectivity index (χ0n) is 18.2. The molecule has 1 aliphatic carbocycles. The molecule has 0 spiro atoms. The fraction of sp³-hybridized carbons (Fsp3) is 0.400. The van der Waals surface area contributed by atoms with E-state index in [4.69, 9.17) is 27.9 Å². The molecule has 1 heterocycles. The predicted molar refractivity (Wildman–Crippen MR) is 125 cm³/mol. The summed E-state index contributed by atoms with van der Waals surface area (Å²) < 4.78 is 5.90. The number of carbonyl (C=O) groups is 3. The molecule has 4 rings (SSSR count). The molecule has 7 heteroatoms. The molecule has 2 aromatic rings. The highest BCUT2D eigenvalue weighted by Crippen LogP contribution is 2.38. The topological polar surface area (TPSA) is 63.7 Å². The molecule has 0 N–H and O–H groups in total. The Balaban J connectivity index is 1.60. The van der Waals surface area contributed by atoms with Gasteiger partial charge in [-0.1, -0.05) is 56.5 Å². The summed E-state index contributed by atoms with van der Waals surface area (Å²) in [4.78, 5) is 39.9. The van der Waals surface area contributed by atoms with Crippen LogP contribution in [0, 0.1) is 17.8 Å². The van der Waals surface area contributed by atoms with Gasteiger partial charge in [-0.3, -0.25) is 9.59 Å². The molecule has 1 aliphatic heterocycles. The van der Waals surface area contributed by atoms with Gasteiger partial charge in [0.15, 0.2) is 0 Å². The number of esters is 1. The minimum absolute atomic E-state index is 0.120. The quantitative estimate of drug-likeness (QED) is 0.379. The summed E-state index contributed by atoms with van der Waals surface area (Å²) in [5.41, 5.74) is 0.835. The Kier molecular flexibility index (Phi) is 6.33. The Morgan fingerprint density at radius 1 is 1.06 bits per heavy atom. The number of hydrogen-bond acceptors (Lipinski definition) is 4. The first-order valence-corrected chi connectivity index (χ1v) is 11.6. The number of imide groups is 1. The van der Waals surface area contributed by atoms with Crippen molar-refractivity contribution >= 4 is 46.7 Å². The molecule has 5 nitrogen and oxygen atoms in total. The van der Waals surface area contributed by atoms with Crippen LogP contribution in [-0.2, 0) is 4.74 Å². The number of rotatable bonds is 4. The van der Waals surface area contributed by atoms with Gasteiger partial charge in [0.2, 0.25) is 0 Å². The Bertz CT molecular complexity index is 1100. The maximum absolute atomic E-state index is 13.1. The molecule has 32 heavy (non-hydrogen) atoms. The van der Waals surface area contributed by atoms with E-state index in [-0.39, 0.29) is 38.5 Å². The van der Waals surface area contributed by atoms with Crippen molar-refractivity contribution in [3.05, 3.63) is 63.1 Å². The number of fused-ring (bicyclic) bond motifs is 1. The van der Waals surface area contributed by atoms with Crippen LogP contribution in [0.4, 0.5) is 5.69 Å². The van der Waals surface area contributed by atoms with E-state index in [1.54, 1.807) is 18.2 Å². The summed E-state index contributed by atoms with van der Waals surface area (Å²) >= 11 is 12.3. The first kappa shape index (κ1) is 22.8. The number of benzene rings is 2. The first-order chi connectivity index (χ1) is 15.2. The van der Waals surface area contributed by atoms with Crippen LogP contribution in [0.3, 0.4) is 0 Å². The van der Waals surface area contributed by atoms with E-state index in [9.17, 15) is 14.4 Å². The summed E-state index contributed by atoms with van der Waals surface area (Å²) in [6.45, 7) is 6.47. The lowest BCUT2D eigenvalue weighted by Gasteiger charge is -2.36. The lowest BCUT2D eigenvalue weighted by molar-refractivity contribution is -0.0174. The predicted octanol–water partition coefficient (Wildman–Crippen LogP) is 6.41. The normalized spacial score (nSPS) is 22.9. The van der Waals surface area contributed by atoms with E-state index in [1.807, 2.05) is 0 Å². The van der Waals surface area contributed by atoms with Gasteiger partial charge in [-0.15, -0.1) is 0 Å². The van der Waals surface area contributed by atoms with Crippen molar-refractivity contribution < 1.29 is 19.1 Å². The van der Waals surface area contributed by atoms with Crippen LogP contribution >= 0.6 is 23.2 Å². The summed E-state index contributed by atoms with van der Waals surface area (Å²) in [7, 11) is 0. The number of halogens is 2. The monoisotopic (exact) mass is 473 g/mol. The van der Waals surface area contributed by atoms with Gasteiger partial charge in [-0.05, 0) is 60.9 Å². The van der Waals surface area contributed by atoms with Crippen LogP contribution in [0.15, 0.2) is 36.4 Å². The molecule has 0 saturated heterocycles. The van der Waals surface area contributed by atoms with Crippen LogP contribution in [0.5, 0.6) is 0 Å². The number of hydrogen-bond donors (Lipinski definition) is 0. The van der Waals surface area contributed by atoms with Crippen LogP contribution in [0.2, 0.25) is 10.0 Å².